The largest absolute Gasteiger partial charge is 0.507 e. The fraction of sp³-hybridized carbons (Fsp3) is 0.269. The number of benzene rings is 3. The Hall–Kier alpha value is -2.43. The molecule has 0 fully saturated rings. The van der Waals surface area contributed by atoms with Crippen molar-refractivity contribution in [3.8, 4) is 5.75 Å². The zero-order valence-electron chi connectivity index (χ0n) is 18.6. The molecular weight excluding hydrogens is 426 g/mol. The Morgan fingerprint density at radius 3 is 2.52 bits per heavy atom. The van der Waals surface area contributed by atoms with Crippen LogP contribution in [-0.4, -0.2) is 30.2 Å². The van der Waals surface area contributed by atoms with E-state index in [0.717, 1.165) is 33.2 Å². The molecule has 4 rings (SSSR count). The number of thioether (sulfide) groups is 1. The predicted octanol–water partition coefficient (Wildman–Crippen LogP) is 6.98. The Morgan fingerprint density at radius 1 is 1.16 bits per heavy atom. The lowest BCUT2D eigenvalue weighted by Gasteiger charge is -2.19. The van der Waals surface area contributed by atoms with Crippen molar-refractivity contribution in [2.24, 2.45) is 0 Å². The number of nitrogens with zero attached hydrogens (tertiary/aromatic N) is 1. The van der Waals surface area contributed by atoms with Crippen molar-refractivity contribution in [2.75, 3.05) is 24.1 Å². The second kappa shape index (κ2) is 9.80. The summed E-state index contributed by atoms with van der Waals surface area (Å²) < 4.78 is 0. The molecule has 3 aromatic carbocycles. The summed E-state index contributed by atoms with van der Waals surface area (Å²) in [4.78, 5) is 16.3. The van der Waals surface area contributed by atoms with E-state index < -0.39 is 0 Å². The summed E-state index contributed by atoms with van der Waals surface area (Å²) in [5.41, 5.74) is 4.87. The molecule has 0 aliphatic carbocycles. The fourth-order valence-corrected chi connectivity index (χ4v) is 4.62. The second-order valence-corrected chi connectivity index (χ2v) is 8.62. The number of carbonyl (C=O) groups is 1. The molecule has 3 aromatic rings. The van der Waals surface area contributed by atoms with E-state index in [0.29, 0.717) is 12.1 Å². The summed E-state index contributed by atoms with van der Waals surface area (Å²) in [6, 6.07) is 15.9. The predicted molar refractivity (Wildman–Crippen MR) is 135 cm³/mol. The summed E-state index contributed by atoms with van der Waals surface area (Å²) in [7, 11) is 0. The van der Waals surface area contributed by atoms with Gasteiger partial charge in [-0.3, -0.25) is 4.79 Å². The van der Waals surface area contributed by atoms with Crippen molar-refractivity contribution in [2.45, 2.75) is 31.6 Å². The topological polar surface area (TPSA) is 40.5 Å². The summed E-state index contributed by atoms with van der Waals surface area (Å²) in [6.07, 6.45) is 5.50. The van der Waals surface area contributed by atoms with E-state index in [1.165, 1.54) is 11.3 Å². The first-order valence-corrected chi connectivity index (χ1v) is 12.2. The third-order valence-corrected chi connectivity index (χ3v) is 6.45. The highest BCUT2D eigenvalue weighted by Crippen LogP contribution is 2.45. The van der Waals surface area contributed by atoms with E-state index in [4.69, 9.17) is 0 Å². The molecule has 1 heterocycles. The lowest BCUT2D eigenvalue weighted by Crippen LogP contribution is -2.30. The number of fused-ring (bicyclic) bond motifs is 3. The van der Waals surface area contributed by atoms with Crippen LogP contribution in [0.1, 0.15) is 36.5 Å². The number of anilines is 1. The molecule has 1 aliphatic heterocycles. The Bertz CT molecular complexity index is 1160. The van der Waals surface area contributed by atoms with E-state index in [-0.39, 0.29) is 17.6 Å². The van der Waals surface area contributed by atoms with E-state index in [1.54, 1.807) is 17.8 Å². The van der Waals surface area contributed by atoms with Crippen molar-refractivity contribution in [1.29, 1.82) is 0 Å². The summed E-state index contributed by atoms with van der Waals surface area (Å²) >= 11 is 6.33. The van der Waals surface area contributed by atoms with Crippen LogP contribution in [0.25, 0.3) is 16.8 Å². The van der Waals surface area contributed by atoms with Crippen LogP contribution >= 0.6 is 23.4 Å². The first-order chi connectivity index (χ1) is 14.9. The summed E-state index contributed by atoms with van der Waals surface area (Å²) in [5, 5.41) is 12.4. The molecule has 0 spiro atoms. The third-order valence-electron chi connectivity index (χ3n) is 5.72. The third kappa shape index (κ3) is 4.46. The maximum absolute atomic E-state index is 13.3. The van der Waals surface area contributed by atoms with Crippen molar-refractivity contribution in [3.05, 3.63) is 70.8 Å². The molecule has 1 amide bonds. The number of aromatic hydroxyl groups is 1. The molecule has 0 saturated carbocycles. The van der Waals surface area contributed by atoms with Gasteiger partial charge in [0.25, 0.3) is 5.91 Å². The molecule has 1 N–H and O–H groups in total. The van der Waals surface area contributed by atoms with Gasteiger partial charge in [-0.2, -0.15) is 0 Å². The van der Waals surface area contributed by atoms with Crippen LogP contribution in [-0.2, 0) is 4.79 Å². The van der Waals surface area contributed by atoms with Gasteiger partial charge in [-0.1, -0.05) is 37.3 Å². The number of phenols is 1. The van der Waals surface area contributed by atoms with Crippen molar-refractivity contribution in [1.82, 2.24) is 0 Å². The van der Waals surface area contributed by atoms with Crippen LogP contribution in [0.3, 0.4) is 0 Å². The zero-order valence-corrected chi connectivity index (χ0v) is 20.1. The molecular formula is C26H28ClNO2S. The standard InChI is InChI=1S/C25H25NO2S.CH3Cl/c1-15-9-10-19(29-4)12-18(15)11-16(2)25(28)26-14-17(3)24-21-8-6-5-7-20(21)23(27)13-22(24)26;1-2/h5-13,17,27H,14H2,1-4H3;1H3/b16-11+;/t17-;/m1./s1. The molecule has 0 aromatic heterocycles. The first-order valence-electron chi connectivity index (χ1n) is 10.2. The highest BCUT2D eigenvalue weighted by molar-refractivity contribution is 7.98. The van der Waals surface area contributed by atoms with Crippen LogP contribution in [0, 0.1) is 6.92 Å². The Labute approximate surface area is 193 Å². The van der Waals surface area contributed by atoms with E-state index >= 15 is 0 Å². The molecule has 0 radical (unpaired) electrons. The number of hydrogen-bond donors (Lipinski definition) is 1. The van der Waals surface area contributed by atoms with Gasteiger partial charge in [-0.15, -0.1) is 23.4 Å². The monoisotopic (exact) mass is 453 g/mol. The number of hydrogen-bond acceptors (Lipinski definition) is 3. The molecule has 3 nitrogen and oxygen atoms in total. The molecule has 0 saturated heterocycles. The molecule has 0 bridgehead atoms. The molecule has 5 heteroatoms. The van der Waals surface area contributed by atoms with E-state index in [9.17, 15) is 9.90 Å². The van der Waals surface area contributed by atoms with Crippen LogP contribution in [0.4, 0.5) is 5.69 Å². The van der Waals surface area contributed by atoms with Gasteiger partial charge in [0.1, 0.15) is 5.75 Å². The van der Waals surface area contributed by atoms with Gasteiger partial charge in [0.2, 0.25) is 0 Å². The van der Waals surface area contributed by atoms with Gasteiger partial charge in [-0.05, 0) is 60.4 Å². The second-order valence-electron chi connectivity index (χ2n) is 7.74. The minimum Gasteiger partial charge on any atom is -0.507 e. The van der Waals surface area contributed by atoms with Gasteiger partial charge in [0.05, 0.1) is 5.69 Å². The quantitative estimate of drug-likeness (QED) is 0.264. The van der Waals surface area contributed by atoms with Crippen LogP contribution in [0.15, 0.2) is 59.0 Å². The molecule has 162 valence electrons. The number of phenolic OH excluding ortho intramolecular Hbond substituents is 1. The summed E-state index contributed by atoms with van der Waals surface area (Å²) in [6.45, 7) is 6.69. The van der Waals surface area contributed by atoms with Crippen molar-refractivity contribution >= 4 is 51.8 Å². The first kappa shape index (κ1) is 23.2. The van der Waals surface area contributed by atoms with Gasteiger partial charge < -0.3 is 10.0 Å². The highest BCUT2D eigenvalue weighted by atomic mass is 35.5. The van der Waals surface area contributed by atoms with E-state index in [2.05, 4.69) is 49.9 Å². The average molecular weight is 454 g/mol. The number of carbonyl (C=O) groups excluding carboxylic acids is 1. The lowest BCUT2D eigenvalue weighted by atomic mass is 9.95. The van der Waals surface area contributed by atoms with Crippen LogP contribution in [0.5, 0.6) is 5.75 Å². The summed E-state index contributed by atoms with van der Waals surface area (Å²) in [5.74, 6) is 0.421. The normalized spacial score (nSPS) is 15.5. The average Bonchev–Trinajstić information content (AvgIpc) is 3.12. The molecule has 1 atom stereocenters. The Balaban J connectivity index is 0.00000132. The van der Waals surface area contributed by atoms with Gasteiger partial charge in [-0.25, -0.2) is 0 Å². The van der Waals surface area contributed by atoms with Gasteiger partial charge >= 0.3 is 0 Å². The smallest absolute Gasteiger partial charge is 0.253 e. The number of aryl methyl sites for hydroxylation is 1. The van der Waals surface area contributed by atoms with Crippen molar-refractivity contribution in [3.63, 3.8) is 0 Å². The molecule has 31 heavy (non-hydrogen) atoms. The minimum absolute atomic E-state index is 0.0146. The zero-order chi connectivity index (χ0) is 22.7. The Morgan fingerprint density at radius 2 is 1.84 bits per heavy atom. The molecule has 0 unspecified atom stereocenters. The minimum atomic E-state index is -0.0146. The van der Waals surface area contributed by atoms with E-state index in [1.807, 2.05) is 42.2 Å². The highest BCUT2D eigenvalue weighted by Gasteiger charge is 2.32. The van der Waals surface area contributed by atoms with Crippen LogP contribution in [0.2, 0.25) is 0 Å². The Kier molecular flexibility index (Phi) is 7.34. The number of rotatable bonds is 3. The fourth-order valence-electron chi connectivity index (χ4n) is 4.17. The van der Waals surface area contributed by atoms with Crippen molar-refractivity contribution < 1.29 is 9.90 Å². The van der Waals surface area contributed by atoms with Gasteiger partial charge in [0, 0.05) is 40.8 Å². The van der Waals surface area contributed by atoms with Gasteiger partial charge in [0.15, 0.2) is 0 Å². The lowest BCUT2D eigenvalue weighted by molar-refractivity contribution is -0.115. The maximum atomic E-state index is 13.3. The maximum Gasteiger partial charge on any atom is 0.253 e. The molecule has 1 aliphatic rings. The number of alkyl halides is 1. The number of amides is 1. The van der Waals surface area contributed by atoms with Crippen LogP contribution < -0.4 is 4.90 Å². The number of halogens is 1. The SMILES string of the molecule is CCl.CSc1ccc(C)c(/C=C(\C)C(=O)N2C[C@@H](C)c3c2cc(O)c2ccccc32)c1.